The quantitative estimate of drug-likeness (QED) is 0.521. The van der Waals surface area contributed by atoms with Crippen molar-refractivity contribution in [1.29, 1.82) is 0 Å². The fraction of sp³-hybridized carbons (Fsp3) is 0. The van der Waals surface area contributed by atoms with Gasteiger partial charge in [0.05, 0.1) is 0 Å². The van der Waals surface area contributed by atoms with E-state index in [0.717, 1.165) is 0 Å². The van der Waals surface area contributed by atoms with Crippen LogP contribution in [0.2, 0.25) is 0 Å². The Morgan fingerprint density at radius 3 is 1.25 bits per heavy atom. The van der Waals surface area contributed by atoms with E-state index in [2.05, 4.69) is 0 Å². The van der Waals surface area contributed by atoms with E-state index in [9.17, 15) is 0 Å². The summed E-state index contributed by atoms with van der Waals surface area (Å²) in [6.45, 7) is 0. The number of hydrogen-bond donors (Lipinski definition) is 0. The molecule has 0 bridgehead atoms. The molecule has 0 aliphatic heterocycles. The predicted octanol–water partition coefficient (Wildman–Crippen LogP) is -0.126. The second-order valence-electron chi connectivity index (χ2n) is 0. The van der Waals surface area contributed by atoms with Crippen LogP contribution < -0.4 is 0 Å². The molecule has 2 radical (unpaired) electrons. The molecule has 0 aromatic rings. The third kappa shape index (κ3) is 8.98. The average Bonchev–Trinajstić information content (AvgIpc) is 1.00. The van der Waals surface area contributed by atoms with E-state index in [0.29, 0.717) is 0 Å². The Bertz CT molecular complexity index is 8.00. The zero-order valence-corrected chi connectivity index (χ0v) is 8.50. The van der Waals surface area contributed by atoms with Crippen molar-refractivity contribution in [3.63, 3.8) is 0 Å². The fourth-order valence-corrected chi connectivity index (χ4v) is 0. The Morgan fingerprint density at radius 1 is 1.25 bits per heavy atom. The molecule has 0 aromatic carbocycles. The van der Waals surface area contributed by atoms with Crippen LogP contribution in [-0.2, 0) is 69.1 Å². The van der Waals surface area contributed by atoms with Crippen LogP contribution in [0.1, 0.15) is 0 Å². The Morgan fingerprint density at radius 2 is 1.25 bits per heavy atom. The van der Waals surface area contributed by atoms with Crippen LogP contribution in [0.15, 0.2) is 0 Å². The minimum absolute atomic E-state index is 0. The normalized spacial score (nSPS) is 1.50. The SMILES string of the molecule is [Nb].[O]=[Ag].[Ta]. The molecule has 4 heavy (non-hydrogen) atoms. The summed E-state index contributed by atoms with van der Waals surface area (Å²) >= 11 is 1.70. The summed E-state index contributed by atoms with van der Waals surface area (Å²) < 4.78 is 8.06. The third-order valence-corrected chi connectivity index (χ3v) is 0. The summed E-state index contributed by atoms with van der Waals surface area (Å²) in [4.78, 5) is 0. The van der Waals surface area contributed by atoms with Crippen LogP contribution in [0, 0.1) is 0 Å². The molecule has 1 nitrogen and oxygen atoms in total. The molecule has 0 N–H and O–H groups in total. The Labute approximate surface area is 68.2 Å². The molecule has 0 saturated heterocycles. The second-order valence-corrected chi connectivity index (χ2v) is 0. The van der Waals surface area contributed by atoms with Gasteiger partial charge in [-0.1, -0.05) is 0 Å². The van der Waals surface area contributed by atoms with Crippen molar-refractivity contribution < 1.29 is 69.1 Å². The van der Waals surface area contributed by atoms with Crippen molar-refractivity contribution in [2.24, 2.45) is 0 Å². The molecule has 0 unspecified atom stereocenters. The van der Waals surface area contributed by atoms with Crippen molar-refractivity contribution in [2.75, 3.05) is 0 Å². The van der Waals surface area contributed by atoms with E-state index in [-0.39, 0.29) is 44.8 Å². The van der Waals surface area contributed by atoms with E-state index >= 15 is 0 Å². The molecule has 0 aliphatic rings. The van der Waals surface area contributed by atoms with Gasteiger partial charge in [0.1, 0.15) is 0 Å². The third-order valence-electron chi connectivity index (χ3n) is 0. The van der Waals surface area contributed by atoms with Crippen LogP contribution in [0.3, 0.4) is 0 Å². The first-order valence-corrected chi connectivity index (χ1v) is 0.728. The van der Waals surface area contributed by atoms with Gasteiger partial charge in [-0.2, -0.15) is 0 Å². The molecule has 0 heterocycles. The van der Waals surface area contributed by atoms with Crippen LogP contribution in [0.4, 0.5) is 0 Å². The molecule has 0 amide bonds. The molecule has 0 saturated carbocycles. The van der Waals surface area contributed by atoms with Gasteiger partial charge in [-0.3, -0.25) is 0 Å². The molecule has 0 spiro atoms. The molecule has 0 aromatic heterocycles. The van der Waals surface area contributed by atoms with E-state index in [4.69, 9.17) is 3.25 Å². The molecular weight excluding hydrogens is 398 g/mol. The van der Waals surface area contributed by atoms with Crippen molar-refractivity contribution in [2.45, 2.75) is 0 Å². The van der Waals surface area contributed by atoms with Gasteiger partial charge in [0, 0.05) is 44.8 Å². The van der Waals surface area contributed by atoms with Crippen LogP contribution in [-0.4, -0.2) is 0 Å². The minimum Gasteiger partial charge on any atom is 0 e. The molecule has 0 rings (SSSR count). The van der Waals surface area contributed by atoms with Crippen molar-refractivity contribution in [1.82, 2.24) is 0 Å². The zero-order chi connectivity index (χ0) is 2.00. The summed E-state index contributed by atoms with van der Waals surface area (Å²) in [5, 5.41) is 0. The maximum Gasteiger partial charge on any atom is 0 e. The summed E-state index contributed by atoms with van der Waals surface area (Å²) in [5.74, 6) is 0. The largest absolute Gasteiger partial charge is 0 e. The first-order chi connectivity index (χ1) is 1.00. The smallest absolute Gasteiger partial charge is 0 e. The molecule has 4 heteroatoms. The minimum atomic E-state index is 0. The summed E-state index contributed by atoms with van der Waals surface area (Å²) in [6, 6.07) is 0. The fourth-order valence-electron chi connectivity index (χ4n) is 0. The number of hydrogen-bond acceptors (Lipinski definition) is 1. The Kier molecular flexibility index (Phi) is 82.7. The van der Waals surface area contributed by atoms with Crippen molar-refractivity contribution in [3.05, 3.63) is 0 Å². The molecule has 27 valence electrons. The Balaban J connectivity index is -0.00000000500. The summed E-state index contributed by atoms with van der Waals surface area (Å²) in [6.07, 6.45) is 0. The van der Waals surface area contributed by atoms with Crippen molar-refractivity contribution in [3.8, 4) is 0 Å². The zero-order valence-electron chi connectivity index (χ0n) is 1.60. The molecule has 0 aliphatic carbocycles. The van der Waals surface area contributed by atoms with Gasteiger partial charge in [-0.05, 0) is 0 Å². The predicted molar refractivity (Wildman–Crippen MR) is 0.686 cm³/mol. The van der Waals surface area contributed by atoms with Crippen LogP contribution >= 0.6 is 0 Å². The molecular formula is AgNbOTa. The average molecular weight is 398 g/mol. The van der Waals surface area contributed by atoms with Gasteiger partial charge in [-0.15, -0.1) is 0 Å². The Hall–Kier alpha value is 2.02. The van der Waals surface area contributed by atoms with Gasteiger partial charge in [0.25, 0.3) is 0 Å². The maximum atomic E-state index is 8.06. The monoisotopic (exact) mass is 397 g/mol. The summed E-state index contributed by atoms with van der Waals surface area (Å²) in [5.41, 5.74) is 0. The van der Waals surface area contributed by atoms with Gasteiger partial charge in [0.2, 0.25) is 0 Å². The van der Waals surface area contributed by atoms with Crippen LogP contribution in [0.5, 0.6) is 0 Å². The van der Waals surface area contributed by atoms with E-state index < -0.39 is 0 Å². The number of rotatable bonds is 0. The van der Waals surface area contributed by atoms with Gasteiger partial charge in [0.15, 0.2) is 0 Å². The first-order valence-electron chi connectivity index (χ1n) is 0.123. The first kappa shape index (κ1) is 16.6. The maximum absolute atomic E-state index is 8.06. The second kappa shape index (κ2) is 19.9. The van der Waals surface area contributed by atoms with Gasteiger partial charge in [-0.25, -0.2) is 0 Å². The molecule has 0 atom stereocenters. The van der Waals surface area contributed by atoms with Crippen LogP contribution in [0.25, 0.3) is 0 Å². The van der Waals surface area contributed by atoms with Crippen molar-refractivity contribution >= 4 is 0 Å². The van der Waals surface area contributed by atoms with Gasteiger partial charge < -0.3 is 0 Å². The standard InChI is InChI=1S/Ag.Nb.O.Ta. The van der Waals surface area contributed by atoms with E-state index in [1.54, 1.807) is 21.0 Å². The summed E-state index contributed by atoms with van der Waals surface area (Å²) in [7, 11) is 0. The topological polar surface area (TPSA) is 17.1 Å². The molecule has 0 fully saturated rings. The van der Waals surface area contributed by atoms with Gasteiger partial charge >= 0.3 is 24.3 Å². The van der Waals surface area contributed by atoms with E-state index in [1.807, 2.05) is 0 Å². The van der Waals surface area contributed by atoms with E-state index in [1.165, 1.54) is 0 Å².